The van der Waals surface area contributed by atoms with Gasteiger partial charge in [-0.15, -0.1) is 0 Å². The van der Waals surface area contributed by atoms with Crippen LogP contribution in [0.2, 0.25) is 5.02 Å². The molecule has 98 valence electrons. The van der Waals surface area contributed by atoms with E-state index >= 15 is 0 Å². The molecule has 3 aromatic rings. The Hall–Kier alpha value is -2.51. The molecule has 0 saturated carbocycles. The molecule has 0 unspecified atom stereocenters. The Balaban J connectivity index is 2.44. The van der Waals surface area contributed by atoms with Gasteiger partial charge in [0.05, 0.1) is 17.7 Å². The van der Waals surface area contributed by atoms with Crippen molar-refractivity contribution in [1.82, 2.24) is 4.98 Å². The van der Waals surface area contributed by atoms with Gasteiger partial charge in [-0.3, -0.25) is 4.79 Å². The number of methoxy groups -OCH3 is 1. The summed E-state index contributed by atoms with van der Waals surface area (Å²) in [5.74, 6) is 0.286. The number of pyridine rings is 1. The molecule has 0 radical (unpaired) electrons. The highest BCUT2D eigenvalue weighted by molar-refractivity contribution is 6.36. The van der Waals surface area contributed by atoms with Crippen LogP contribution in [-0.2, 0) is 0 Å². The van der Waals surface area contributed by atoms with E-state index in [4.69, 9.17) is 21.6 Å². The van der Waals surface area contributed by atoms with Crippen molar-refractivity contribution in [2.75, 3.05) is 7.11 Å². The first kappa shape index (κ1) is 12.5. The smallest absolute Gasteiger partial charge is 0.220 e. The molecule has 0 aliphatic heterocycles. The summed E-state index contributed by atoms with van der Waals surface area (Å²) in [4.78, 5) is 14.8. The molecule has 0 atom stereocenters. The fourth-order valence-corrected chi connectivity index (χ4v) is 2.46. The summed E-state index contributed by atoms with van der Waals surface area (Å²) < 4.78 is 5.03. The molecule has 20 heavy (non-hydrogen) atoms. The summed E-state index contributed by atoms with van der Waals surface area (Å²) in [5.41, 5.74) is 0.982. The lowest BCUT2D eigenvalue weighted by molar-refractivity contribution is 0.411. The monoisotopic (exact) mass is 284 g/mol. The number of halogens is 1. The molecule has 0 spiro atoms. The number of aromatic amines is 1. The van der Waals surface area contributed by atoms with Crippen molar-refractivity contribution < 1.29 is 4.74 Å². The molecule has 5 heteroatoms. The zero-order chi connectivity index (χ0) is 14.3. The maximum Gasteiger partial charge on any atom is 0.220 e. The SMILES string of the molecule is COc1cc2cc3c(Cl)c(C#N)c[nH]c3cc2cc1=O. The summed E-state index contributed by atoms with van der Waals surface area (Å²) in [6.07, 6.45) is 1.55. The van der Waals surface area contributed by atoms with Gasteiger partial charge in [0.2, 0.25) is 5.43 Å². The highest BCUT2D eigenvalue weighted by Crippen LogP contribution is 2.29. The van der Waals surface area contributed by atoms with Gasteiger partial charge in [-0.25, -0.2) is 0 Å². The summed E-state index contributed by atoms with van der Waals surface area (Å²) >= 11 is 6.21. The van der Waals surface area contributed by atoms with Crippen molar-refractivity contribution in [2.24, 2.45) is 0 Å². The fourth-order valence-electron chi connectivity index (χ4n) is 2.21. The minimum Gasteiger partial charge on any atom is -0.493 e. The number of fused-ring (bicyclic) bond motifs is 2. The van der Waals surface area contributed by atoms with Crippen molar-refractivity contribution >= 4 is 33.3 Å². The molecule has 0 aliphatic carbocycles. The third kappa shape index (κ3) is 1.80. The molecule has 1 heterocycles. The van der Waals surface area contributed by atoms with Crippen molar-refractivity contribution in [3.8, 4) is 11.8 Å². The van der Waals surface area contributed by atoms with E-state index in [2.05, 4.69) is 4.98 Å². The molecule has 2 aromatic carbocycles. The third-order valence-corrected chi connectivity index (χ3v) is 3.63. The quantitative estimate of drug-likeness (QED) is 0.698. The minimum absolute atomic E-state index is 0.168. The van der Waals surface area contributed by atoms with Crippen LogP contribution in [0.15, 0.2) is 35.3 Å². The minimum atomic E-state index is -0.168. The number of benzene rings is 2. The molecular formula is C15H9ClN2O2. The van der Waals surface area contributed by atoms with Gasteiger partial charge in [0.1, 0.15) is 6.07 Å². The Morgan fingerprint density at radius 3 is 2.70 bits per heavy atom. The maximum absolute atomic E-state index is 11.8. The molecule has 3 rings (SSSR count). The Labute approximate surface area is 119 Å². The lowest BCUT2D eigenvalue weighted by Crippen LogP contribution is -2.03. The van der Waals surface area contributed by atoms with Gasteiger partial charge in [0, 0.05) is 17.1 Å². The first-order valence-electron chi connectivity index (χ1n) is 5.87. The second-order valence-corrected chi connectivity index (χ2v) is 4.75. The molecule has 0 aliphatic rings. The molecular weight excluding hydrogens is 276 g/mol. The predicted molar refractivity (Wildman–Crippen MR) is 78.4 cm³/mol. The Morgan fingerprint density at radius 1 is 1.25 bits per heavy atom. The van der Waals surface area contributed by atoms with Crippen LogP contribution in [-0.4, -0.2) is 12.1 Å². The number of nitrogens with one attached hydrogen (secondary N) is 1. The standard InChI is InChI=1S/C15H9ClN2O2/c1-20-14-5-8-2-11-12(3-9(8)4-13(14)19)18-7-10(6-17)15(11)16/h2-5,7,18H,1H3. The second kappa shape index (κ2) is 4.55. The van der Waals surface area contributed by atoms with Crippen LogP contribution < -0.4 is 10.2 Å². The number of aromatic nitrogens is 1. The van der Waals surface area contributed by atoms with Crippen molar-refractivity contribution in [3.05, 3.63) is 51.3 Å². The molecule has 0 fully saturated rings. The van der Waals surface area contributed by atoms with Crippen molar-refractivity contribution in [3.63, 3.8) is 0 Å². The number of rotatable bonds is 1. The van der Waals surface area contributed by atoms with E-state index in [1.165, 1.54) is 13.2 Å². The Morgan fingerprint density at radius 2 is 2.00 bits per heavy atom. The van der Waals surface area contributed by atoms with Gasteiger partial charge >= 0.3 is 0 Å². The van der Waals surface area contributed by atoms with Crippen LogP contribution in [0.5, 0.6) is 5.75 Å². The zero-order valence-corrected chi connectivity index (χ0v) is 11.3. The highest BCUT2D eigenvalue weighted by atomic mass is 35.5. The van der Waals surface area contributed by atoms with E-state index in [-0.39, 0.29) is 11.2 Å². The number of hydrogen-bond acceptors (Lipinski definition) is 3. The van der Waals surface area contributed by atoms with E-state index in [0.29, 0.717) is 10.6 Å². The van der Waals surface area contributed by atoms with Gasteiger partial charge in [-0.05, 0) is 35.0 Å². The van der Waals surface area contributed by atoms with E-state index in [1.807, 2.05) is 18.2 Å². The maximum atomic E-state index is 11.8. The third-order valence-electron chi connectivity index (χ3n) is 3.22. The molecule has 0 saturated heterocycles. The second-order valence-electron chi connectivity index (χ2n) is 4.38. The largest absolute Gasteiger partial charge is 0.493 e. The van der Waals surface area contributed by atoms with Crippen molar-refractivity contribution in [2.45, 2.75) is 0 Å². The molecule has 0 bridgehead atoms. The van der Waals surface area contributed by atoms with E-state index in [0.717, 1.165) is 21.7 Å². The van der Waals surface area contributed by atoms with Gasteiger partial charge < -0.3 is 9.72 Å². The van der Waals surface area contributed by atoms with Crippen LogP contribution in [0.1, 0.15) is 5.56 Å². The summed E-state index contributed by atoms with van der Waals surface area (Å²) in [5, 5.41) is 11.8. The van der Waals surface area contributed by atoms with Crippen molar-refractivity contribution in [1.29, 1.82) is 5.26 Å². The van der Waals surface area contributed by atoms with E-state index < -0.39 is 0 Å². The van der Waals surface area contributed by atoms with E-state index in [9.17, 15) is 4.79 Å². The number of nitriles is 1. The average Bonchev–Trinajstić information content (AvgIpc) is 2.45. The topological polar surface area (TPSA) is 65.9 Å². The van der Waals surface area contributed by atoms with Crippen LogP contribution in [0, 0.1) is 11.3 Å². The Kier molecular flexibility index (Phi) is 2.85. The van der Waals surface area contributed by atoms with Gasteiger partial charge in [0.25, 0.3) is 0 Å². The summed E-state index contributed by atoms with van der Waals surface area (Å²) in [6, 6.07) is 8.90. The lowest BCUT2D eigenvalue weighted by atomic mass is 10.1. The zero-order valence-electron chi connectivity index (χ0n) is 10.5. The molecule has 4 nitrogen and oxygen atoms in total. The molecule has 1 N–H and O–H groups in total. The van der Waals surface area contributed by atoms with E-state index in [1.54, 1.807) is 12.3 Å². The first-order chi connectivity index (χ1) is 9.63. The summed E-state index contributed by atoms with van der Waals surface area (Å²) in [6.45, 7) is 0. The fraction of sp³-hybridized carbons (Fsp3) is 0.0667. The number of hydrogen-bond donors (Lipinski definition) is 1. The normalized spacial score (nSPS) is 10.7. The van der Waals surface area contributed by atoms with Crippen LogP contribution in [0.4, 0.5) is 0 Å². The van der Waals surface area contributed by atoms with Gasteiger partial charge in [-0.1, -0.05) is 11.6 Å². The van der Waals surface area contributed by atoms with Crippen LogP contribution >= 0.6 is 11.6 Å². The first-order valence-corrected chi connectivity index (χ1v) is 6.24. The van der Waals surface area contributed by atoms with Crippen LogP contribution in [0.3, 0.4) is 0 Å². The molecule has 0 amide bonds. The average molecular weight is 285 g/mol. The van der Waals surface area contributed by atoms with Gasteiger partial charge in [0.15, 0.2) is 5.75 Å². The Bertz CT molecular complexity index is 938. The van der Waals surface area contributed by atoms with Gasteiger partial charge in [-0.2, -0.15) is 5.26 Å². The molecule has 1 aromatic heterocycles. The van der Waals surface area contributed by atoms with Crippen LogP contribution in [0.25, 0.3) is 21.7 Å². The summed E-state index contributed by atoms with van der Waals surface area (Å²) in [7, 11) is 1.46. The highest BCUT2D eigenvalue weighted by Gasteiger charge is 2.09. The lowest BCUT2D eigenvalue weighted by Gasteiger charge is -2.06. The predicted octanol–water partition coefficient (Wildman–Crippen LogP) is 3.21. The number of H-pyrrole nitrogens is 1. The number of ether oxygens (including phenoxy) is 1. The number of nitrogens with zero attached hydrogens (tertiary/aromatic N) is 1.